The summed E-state index contributed by atoms with van der Waals surface area (Å²) in [7, 11) is 1.88. The molecule has 0 bridgehead atoms. The number of hydrogen-bond acceptors (Lipinski definition) is 5. The molecule has 92 valence electrons. The third kappa shape index (κ3) is 3.34. The van der Waals surface area contributed by atoms with E-state index in [0.29, 0.717) is 0 Å². The third-order valence-corrected chi connectivity index (χ3v) is 3.32. The van der Waals surface area contributed by atoms with Crippen LogP contribution in [0.2, 0.25) is 0 Å². The normalized spacial score (nSPS) is 12.9. The Morgan fingerprint density at radius 2 is 2.35 bits per heavy atom. The lowest BCUT2D eigenvalue weighted by atomic mass is 10.2. The summed E-state index contributed by atoms with van der Waals surface area (Å²) in [5, 5.41) is 10.9. The Balaban J connectivity index is 1.78. The molecule has 6 heteroatoms. The first-order valence-electron chi connectivity index (χ1n) is 5.65. The molecule has 0 radical (unpaired) electrons. The van der Waals surface area contributed by atoms with Gasteiger partial charge < -0.3 is 5.32 Å². The molecule has 17 heavy (non-hydrogen) atoms. The number of rotatable bonds is 5. The fourth-order valence-corrected chi connectivity index (χ4v) is 2.29. The van der Waals surface area contributed by atoms with E-state index >= 15 is 0 Å². The van der Waals surface area contributed by atoms with Crippen molar-refractivity contribution in [3.8, 4) is 0 Å². The van der Waals surface area contributed by atoms with Crippen molar-refractivity contribution in [1.29, 1.82) is 0 Å². The van der Waals surface area contributed by atoms with Crippen LogP contribution in [0.1, 0.15) is 29.5 Å². The summed E-state index contributed by atoms with van der Waals surface area (Å²) in [4.78, 5) is 8.65. The number of nitrogens with one attached hydrogen (secondary N) is 1. The summed E-state index contributed by atoms with van der Waals surface area (Å²) in [5.74, 6) is 0.877. The van der Waals surface area contributed by atoms with Crippen LogP contribution >= 0.6 is 11.3 Å². The van der Waals surface area contributed by atoms with E-state index in [0.717, 1.165) is 29.5 Å². The molecule has 0 amide bonds. The molecule has 0 aliphatic carbocycles. The second-order valence-corrected chi connectivity index (χ2v) is 5.11. The van der Waals surface area contributed by atoms with Crippen molar-refractivity contribution in [2.24, 2.45) is 7.05 Å². The van der Waals surface area contributed by atoms with Crippen LogP contribution in [0.15, 0.2) is 11.7 Å². The van der Waals surface area contributed by atoms with E-state index in [4.69, 9.17) is 0 Å². The van der Waals surface area contributed by atoms with Gasteiger partial charge in [0.1, 0.15) is 6.33 Å². The van der Waals surface area contributed by atoms with E-state index in [1.54, 1.807) is 22.3 Å². The molecule has 2 heterocycles. The average molecular weight is 251 g/mol. The monoisotopic (exact) mass is 251 g/mol. The molecular weight excluding hydrogens is 234 g/mol. The molecule has 1 atom stereocenters. The van der Waals surface area contributed by atoms with Gasteiger partial charge >= 0.3 is 0 Å². The van der Waals surface area contributed by atoms with Crippen LogP contribution in [-0.2, 0) is 13.5 Å². The van der Waals surface area contributed by atoms with Crippen molar-refractivity contribution < 1.29 is 0 Å². The Morgan fingerprint density at radius 1 is 1.53 bits per heavy atom. The lowest BCUT2D eigenvalue weighted by Gasteiger charge is -2.10. The Bertz CT molecular complexity index is 476. The quantitative estimate of drug-likeness (QED) is 0.874. The molecule has 5 nitrogen and oxygen atoms in total. The molecule has 2 rings (SSSR count). The molecule has 0 saturated carbocycles. The second kappa shape index (κ2) is 5.37. The van der Waals surface area contributed by atoms with Crippen LogP contribution in [0.25, 0.3) is 0 Å². The minimum atomic E-state index is 0.281. The van der Waals surface area contributed by atoms with E-state index in [9.17, 15) is 0 Å². The number of nitrogens with zero attached hydrogens (tertiary/aromatic N) is 4. The fourth-order valence-electron chi connectivity index (χ4n) is 1.58. The highest BCUT2D eigenvalue weighted by Gasteiger charge is 2.08. The fraction of sp³-hybridized carbons (Fsp3) is 0.545. The third-order valence-electron chi connectivity index (χ3n) is 2.53. The van der Waals surface area contributed by atoms with Gasteiger partial charge in [-0.25, -0.2) is 9.97 Å². The molecule has 0 fully saturated rings. The van der Waals surface area contributed by atoms with Crippen molar-refractivity contribution >= 4 is 11.3 Å². The Labute approximate surface area is 105 Å². The van der Waals surface area contributed by atoms with Gasteiger partial charge in [0.05, 0.1) is 10.7 Å². The first-order chi connectivity index (χ1) is 8.15. The van der Waals surface area contributed by atoms with Crippen LogP contribution in [0.3, 0.4) is 0 Å². The van der Waals surface area contributed by atoms with Gasteiger partial charge in [-0.3, -0.25) is 4.68 Å². The SMILES string of the molecule is Cc1nc(C(C)NCCc2ncn(C)n2)cs1. The Morgan fingerprint density at radius 3 is 2.94 bits per heavy atom. The summed E-state index contributed by atoms with van der Waals surface area (Å²) < 4.78 is 1.72. The maximum atomic E-state index is 4.46. The summed E-state index contributed by atoms with van der Waals surface area (Å²) in [5.41, 5.74) is 1.11. The summed E-state index contributed by atoms with van der Waals surface area (Å²) in [6, 6.07) is 0.281. The van der Waals surface area contributed by atoms with Crippen molar-refractivity contribution in [3.63, 3.8) is 0 Å². The van der Waals surface area contributed by atoms with Gasteiger partial charge in [0, 0.05) is 31.4 Å². The molecule has 0 saturated heterocycles. The van der Waals surface area contributed by atoms with E-state index in [2.05, 4.69) is 32.7 Å². The summed E-state index contributed by atoms with van der Waals surface area (Å²) in [6.07, 6.45) is 2.57. The van der Waals surface area contributed by atoms with Crippen LogP contribution < -0.4 is 5.32 Å². The molecule has 0 aliphatic rings. The maximum Gasteiger partial charge on any atom is 0.151 e. The van der Waals surface area contributed by atoms with Crippen molar-refractivity contribution in [3.05, 3.63) is 28.2 Å². The smallest absolute Gasteiger partial charge is 0.151 e. The highest BCUT2D eigenvalue weighted by Crippen LogP contribution is 2.15. The van der Waals surface area contributed by atoms with Gasteiger partial charge in [0.2, 0.25) is 0 Å². The lowest BCUT2D eigenvalue weighted by Crippen LogP contribution is -2.22. The van der Waals surface area contributed by atoms with Gasteiger partial charge in [0.25, 0.3) is 0 Å². The van der Waals surface area contributed by atoms with Crippen molar-refractivity contribution in [2.45, 2.75) is 26.3 Å². The topological polar surface area (TPSA) is 55.6 Å². The molecule has 0 spiro atoms. The molecule has 1 unspecified atom stereocenters. The van der Waals surface area contributed by atoms with E-state index in [1.807, 2.05) is 14.0 Å². The van der Waals surface area contributed by atoms with Gasteiger partial charge in [-0.1, -0.05) is 0 Å². The molecule has 0 aromatic carbocycles. The first kappa shape index (κ1) is 12.2. The predicted octanol–water partition coefficient (Wildman–Crippen LogP) is 1.47. The van der Waals surface area contributed by atoms with Gasteiger partial charge in [-0.05, 0) is 13.8 Å². The molecular formula is C11H17N5S. The molecule has 2 aromatic rings. The number of aromatic nitrogens is 4. The van der Waals surface area contributed by atoms with Gasteiger partial charge in [-0.15, -0.1) is 11.3 Å². The van der Waals surface area contributed by atoms with Gasteiger partial charge in [0.15, 0.2) is 5.82 Å². The highest BCUT2D eigenvalue weighted by molar-refractivity contribution is 7.09. The van der Waals surface area contributed by atoms with E-state index in [1.165, 1.54) is 0 Å². The second-order valence-electron chi connectivity index (χ2n) is 4.05. The maximum absolute atomic E-state index is 4.46. The summed E-state index contributed by atoms with van der Waals surface area (Å²) >= 11 is 1.69. The Hall–Kier alpha value is -1.27. The van der Waals surface area contributed by atoms with Crippen LogP contribution in [0.4, 0.5) is 0 Å². The predicted molar refractivity (Wildman–Crippen MR) is 68.0 cm³/mol. The summed E-state index contributed by atoms with van der Waals surface area (Å²) in [6.45, 7) is 5.01. The van der Waals surface area contributed by atoms with Crippen molar-refractivity contribution in [1.82, 2.24) is 25.1 Å². The van der Waals surface area contributed by atoms with Crippen molar-refractivity contribution in [2.75, 3.05) is 6.54 Å². The van der Waals surface area contributed by atoms with E-state index < -0.39 is 0 Å². The van der Waals surface area contributed by atoms with E-state index in [-0.39, 0.29) is 6.04 Å². The number of aryl methyl sites for hydroxylation is 2. The molecule has 2 aromatic heterocycles. The van der Waals surface area contributed by atoms with Crippen LogP contribution in [-0.4, -0.2) is 26.3 Å². The average Bonchev–Trinajstić information content (AvgIpc) is 2.88. The largest absolute Gasteiger partial charge is 0.308 e. The number of thiazole rings is 1. The Kier molecular flexibility index (Phi) is 3.86. The van der Waals surface area contributed by atoms with Crippen LogP contribution in [0.5, 0.6) is 0 Å². The standard InChI is InChI=1S/C11H17N5S/c1-8(10-6-17-9(2)14-10)12-5-4-11-13-7-16(3)15-11/h6-8,12H,4-5H2,1-3H3. The first-order valence-corrected chi connectivity index (χ1v) is 6.53. The molecule has 0 aliphatic heterocycles. The molecule has 1 N–H and O–H groups in total. The van der Waals surface area contributed by atoms with Crippen LogP contribution in [0, 0.1) is 6.92 Å². The number of hydrogen-bond donors (Lipinski definition) is 1. The highest BCUT2D eigenvalue weighted by atomic mass is 32.1. The lowest BCUT2D eigenvalue weighted by molar-refractivity contribution is 0.558. The minimum Gasteiger partial charge on any atom is -0.308 e. The minimum absolute atomic E-state index is 0.281. The zero-order valence-corrected chi connectivity index (χ0v) is 11.2. The van der Waals surface area contributed by atoms with Gasteiger partial charge in [-0.2, -0.15) is 5.10 Å². The zero-order chi connectivity index (χ0) is 12.3. The zero-order valence-electron chi connectivity index (χ0n) is 10.3.